The van der Waals surface area contributed by atoms with Gasteiger partial charge in [-0.15, -0.1) is 0 Å². The van der Waals surface area contributed by atoms with Gasteiger partial charge in [-0.25, -0.2) is 13.2 Å². The lowest BCUT2D eigenvalue weighted by molar-refractivity contribution is -0.384. The highest BCUT2D eigenvalue weighted by molar-refractivity contribution is 6.05. The van der Waals surface area contributed by atoms with Crippen LogP contribution in [-0.4, -0.2) is 17.9 Å². The van der Waals surface area contributed by atoms with Gasteiger partial charge in [-0.2, -0.15) is 8.78 Å². The zero-order valence-corrected chi connectivity index (χ0v) is 12.2. The van der Waals surface area contributed by atoms with Gasteiger partial charge in [0.25, 0.3) is 11.6 Å². The Bertz CT molecular complexity index is 859. The summed E-state index contributed by atoms with van der Waals surface area (Å²) in [5.41, 5.74) is -3.12. The molecule has 0 atom stereocenters. The number of ether oxygens (including phenoxy) is 1. The van der Waals surface area contributed by atoms with Crippen LogP contribution in [0.2, 0.25) is 0 Å². The van der Waals surface area contributed by atoms with Crippen molar-refractivity contribution in [2.45, 2.75) is 0 Å². The summed E-state index contributed by atoms with van der Waals surface area (Å²) in [6.45, 7) is 0. The van der Waals surface area contributed by atoms with Gasteiger partial charge in [-0.1, -0.05) is 0 Å². The minimum atomic E-state index is -2.07. The largest absolute Gasteiger partial charge is 0.491 e. The van der Waals surface area contributed by atoms with E-state index in [1.807, 2.05) is 0 Å². The number of benzene rings is 2. The summed E-state index contributed by atoms with van der Waals surface area (Å²) in [5, 5.41) is 12.2. The fourth-order valence-corrected chi connectivity index (χ4v) is 1.90. The second kappa shape index (κ2) is 6.71. The molecule has 2 rings (SSSR count). The second-order valence-corrected chi connectivity index (χ2v) is 4.54. The Balaban J connectivity index is 2.50. The number of methoxy groups -OCH3 is 1. The highest BCUT2D eigenvalue weighted by atomic mass is 19.2. The highest BCUT2D eigenvalue weighted by Crippen LogP contribution is 2.30. The van der Waals surface area contributed by atoms with Crippen molar-refractivity contribution in [1.29, 1.82) is 0 Å². The van der Waals surface area contributed by atoms with Crippen LogP contribution in [0.5, 0.6) is 5.75 Å². The Morgan fingerprint density at radius 1 is 1.08 bits per heavy atom. The number of halogens is 5. The van der Waals surface area contributed by atoms with Crippen molar-refractivity contribution in [2.24, 2.45) is 0 Å². The summed E-state index contributed by atoms with van der Waals surface area (Å²) >= 11 is 0. The third-order valence-electron chi connectivity index (χ3n) is 3.06. The predicted octanol–water partition coefficient (Wildman–Crippen LogP) is 3.55. The van der Waals surface area contributed by atoms with Gasteiger partial charge in [0.2, 0.25) is 11.6 Å². The van der Waals surface area contributed by atoms with E-state index in [2.05, 4.69) is 4.74 Å². The van der Waals surface area contributed by atoms with Gasteiger partial charge in [-0.3, -0.25) is 14.9 Å². The van der Waals surface area contributed by atoms with E-state index in [1.165, 1.54) is 0 Å². The Morgan fingerprint density at radius 2 is 1.64 bits per heavy atom. The van der Waals surface area contributed by atoms with Gasteiger partial charge in [0.05, 0.1) is 17.7 Å². The molecule has 0 aliphatic heterocycles. The maximum atomic E-state index is 13.8. The SMILES string of the molecule is COc1c(F)c(F)c(C(=O)Nc2cc([N+](=O)[O-])ccc2F)c(F)c1F. The van der Waals surface area contributed by atoms with Crippen molar-refractivity contribution in [2.75, 3.05) is 12.4 Å². The number of nitrogens with zero attached hydrogens (tertiary/aromatic N) is 1. The van der Waals surface area contributed by atoms with Crippen molar-refractivity contribution < 1.29 is 36.4 Å². The van der Waals surface area contributed by atoms with E-state index in [1.54, 1.807) is 5.32 Å². The topological polar surface area (TPSA) is 81.5 Å². The van der Waals surface area contributed by atoms with E-state index in [4.69, 9.17) is 0 Å². The van der Waals surface area contributed by atoms with Crippen LogP contribution >= 0.6 is 0 Å². The smallest absolute Gasteiger partial charge is 0.271 e. The number of anilines is 1. The summed E-state index contributed by atoms with van der Waals surface area (Å²) in [6.07, 6.45) is 0. The molecule has 0 heterocycles. The minimum Gasteiger partial charge on any atom is -0.491 e. The summed E-state index contributed by atoms with van der Waals surface area (Å²) in [6, 6.07) is 1.97. The van der Waals surface area contributed by atoms with Gasteiger partial charge in [-0.05, 0) is 6.07 Å². The van der Waals surface area contributed by atoms with E-state index >= 15 is 0 Å². The Morgan fingerprint density at radius 3 is 2.12 bits per heavy atom. The number of hydrogen-bond donors (Lipinski definition) is 1. The normalized spacial score (nSPS) is 10.5. The monoisotopic (exact) mass is 362 g/mol. The van der Waals surface area contributed by atoms with E-state index in [9.17, 15) is 36.9 Å². The van der Waals surface area contributed by atoms with Crippen LogP contribution in [-0.2, 0) is 0 Å². The molecule has 2 aromatic carbocycles. The molecule has 0 radical (unpaired) electrons. The van der Waals surface area contributed by atoms with Crippen LogP contribution in [0.3, 0.4) is 0 Å². The number of hydrogen-bond acceptors (Lipinski definition) is 4. The number of nitro benzene ring substituents is 1. The van der Waals surface area contributed by atoms with E-state index in [0.717, 1.165) is 13.2 Å². The number of amides is 1. The molecule has 0 bridgehead atoms. The molecule has 25 heavy (non-hydrogen) atoms. The lowest BCUT2D eigenvalue weighted by Gasteiger charge is -2.11. The molecule has 0 saturated carbocycles. The van der Waals surface area contributed by atoms with E-state index < -0.39 is 62.6 Å². The predicted molar refractivity (Wildman–Crippen MR) is 73.8 cm³/mol. The van der Waals surface area contributed by atoms with Gasteiger partial charge in [0.1, 0.15) is 11.4 Å². The number of carbonyl (C=O) groups excluding carboxylic acids is 1. The third-order valence-corrected chi connectivity index (χ3v) is 3.06. The minimum absolute atomic E-state index is 0.569. The van der Waals surface area contributed by atoms with Gasteiger partial charge in [0, 0.05) is 12.1 Å². The first-order chi connectivity index (χ1) is 11.7. The summed E-state index contributed by atoms with van der Waals surface area (Å²) in [4.78, 5) is 21.6. The fourth-order valence-electron chi connectivity index (χ4n) is 1.90. The average Bonchev–Trinajstić information content (AvgIpc) is 2.55. The van der Waals surface area contributed by atoms with Crippen molar-refractivity contribution in [3.63, 3.8) is 0 Å². The summed E-state index contributed by atoms with van der Waals surface area (Å²) in [5.74, 6) is -12.4. The summed E-state index contributed by atoms with van der Waals surface area (Å²) < 4.78 is 72.6. The number of nitro groups is 1. The van der Waals surface area contributed by atoms with Crippen LogP contribution < -0.4 is 10.1 Å². The lowest BCUT2D eigenvalue weighted by atomic mass is 10.1. The van der Waals surface area contributed by atoms with Gasteiger partial charge in [0.15, 0.2) is 17.4 Å². The standard InChI is InChI=1S/C14H7F5N2O4/c1-25-13-11(18)9(16)8(10(17)12(13)19)14(22)20-7-4-5(21(23)24)2-3-6(7)15/h2-4H,1H3,(H,20,22). The van der Waals surface area contributed by atoms with Crippen molar-refractivity contribution in [3.05, 3.63) is 63.0 Å². The van der Waals surface area contributed by atoms with Crippen LogP contribution in [0.25, 0.3) is 0 Å². The van der Waals surface area contributed by atoms with Gasteiger partial charge < -0.3 is 10.1 Å². The average molecular weight is 362 g/mol. The fraction of sp³-hybridized carbons (Fsp3) is 0.0714. The molecule has 11 heteroatoms. The second-order valence-electron chi connectivity index (χ2n) is 4.54. The maximum Gasteiger partial charge on any atom is 0.271 e. The molecule has 0 unspecified atom stereocenters. The first kappa shape index (κ1) is 18.1. The zero-order valence-electron chi connectivity index (χ0n) is 12.2. The molecule has 0 saturated heterocycles. The molecule has 6 nitrogen and oxygen atoms in total. The molecule has 0 aliphatic rings. The molecule has 0 fully saturated rings. The zero-order chi connectivity index (χ0) is 18.9. The Kier molecular flexibility index (Phi) is 4.86. The first-order valence-electron chi connectivity index (χ1n) is 6.34. The number of non-ortho nitro benzene ring substituents is 1. The highest BCUT2D eigenvalue weighted by Gasteiger charge is 2.30. The molecule has 0 aromatic heterocycles. The molecule has 132 valence electrons. The molecular formula is C14H7F5N2O4. The molecule has 2 aromatic rings. The van der Waals surface area contributed by atoms with Crippen molar-refractivity contribution >= 4 is 17.3 Å². The lowest BCUT2D eigenvalue weighted by Crippen LogP contribution is -2.19. The van der Waals surface area contributed by atoms with Crippen LogP contribution in [0.15, 0.2) is 18.2 Å². The first-order valence-corrected chi connectivity index (χ1v) is 6.34. The molecule has 0 aliphatic carbocycles. The number of carbonyl (C=O) groups is 1. The van der Waals surface area contributed by atoms with E-state index in [0.29, 0.717) is 12.1 Å². The third kappa shape index (κ3) is 3.20. The molecule has 1 amide bonds. The van der Waals surface area contributed by atoms with Crippen LogP contribution in [0, 0.1) is 39.2 Å². The van der Waals surface area contributed by atoms with Crippen LogP contribution in [0.4, 0.5) is 33.3 Å². The number of nitrogens with one attached hydrogen (secondary N) is 1. The Labute approximate surface area is 136 Å². The van der Waals surface area contributed by atoms with Crippen LogP contribution in [0.1, 0.15) is 10.4 Å². The van der Waals surface area contributed by atoms with Crippen molar-refractivity contribution in [3.8, 4) is 5.75 Å². The molecule has 0 spiro atoms. The molecule has 1 N–H and O–H groups in total. The maximum absolute atomic E-state index is 13.8. The number of rotatable bonds is 4. The van der Waals surface area contributed by atoms with Crippen molar-refractivity contribution in [1.82, 2.24) is 0 Å². The summed E-state index contributed by atoms with van der Waals surface area (Å²) in [7, 11) is 0.749. The quantitative estimate of drug-likeness (QED) is 0.390. The molecular weight excluding hydrogens is 355 g/mol. The van der Waals surface area contributed by atoms with E-state index in [-0.39, 0.29) is 0 Å². The Hall–Kier alpha value is -3.24. The van der Waals surface area contributed by atoms with Gasteiger partial charge >= 0.3 is 0 Å².